The summed E-state index contributed by atoms with van der Waals surface area (Å²) >= 11 is 0. The van der Waals surface area contributed by atoms with Gasteiger partial charge in [-0.15, -0.1) is 0 Å². The molecule has 86 valence electrons. The number of hydrogen-bond donors (Lipinski definition) is 1. The van der Waals surface area contributed by atoms with E-state index < -0.39 is 11.0 Å². The molecule has 0 aromatic rings. The minimum atomic E-state index is -0.467. The van der Waals surface area contributed by atoms with Crippen molar-refractivity contribution in [1.29, 1.82) is 0 Å². The number of esters is 1. The average molecular weight is 214 g/mol. The molecule has 0 aromatic heterocycles. The highest BCUT2D eigenvalue weighted by atomic mass is 16.5. The minimum absolute atomic E-state index is 0.0502. The van der Waals surface area contributed by atoms with E-state index >= 15 is 0 Å². The molecule has 1 unspecified atom stereocenters. The van der Waals surface area contributed by atoms with Crippen LogP contribution in [0.5, 0.6) is 0 Å². The number of fused-ring (bicyclic) bond motifs is 3. The molecule has 2 saturated heterocycles. The number of aliphatic hydroxyl groups excluding tert-OH is 1. The maximum Gasteiger partial charge on any atom is 0.314 e. The van der Waals surface area contributed by atoms with Crippen LogP contribution in [0.1, 0.15) is 32.6 Å². The van der Waals surface area contributed by atoms with Gasteiger partial charge in [-0.2, -0.15) is 0 Å². The number of ether oxygens (including phenoxy) is 2. The van der Waals surface area contributed by atoms with Crippen LogP contribution in [0.2, 0.25) is 0 Å². The van der Waals surface area contributed by atoms with Crippen molar-refractivity contribution in [2.75, 3.05) is 13.7 Å². The second-order valence-electron chi connectivity index (χ2n) is 4.75. The molecular weight excluding hydrogens is 196 g/mol. The van der Waals surface area contributed by atoms with Gasteiger partial charge >= 0.3 is 5.97 Å². The lowest BCUT2D eigenvalue weighted by molar-refractivity contribution is -0.243. The molecule has 2 heterocycles. The summed E-state index contributed by atoms with van der Waals surface area (Å²) in [5.41, 5.74) is -0.860. The lowest BCUT2D eigenvalue weighted by atomic mass is 9.63. The van der Waals surface area contributed by atoms with E-state index in [1.807, 2.05) is 6.92 Å². The third-order valence-corrected chi connectivity index (χ3v) is 4.14. The number of methoxy groups -OCH3 is 1. The molecule has 3 rings (SSSR count). The van der Waals surface area contributed by atoms with Crippen LogP contribution in [-0.2, 0) is 14.3 Å². The van der Waals surface area contributed by atoms with Crippen molar-refractivity contribution < 1.29 is 19.4 Å². The van der Waals surface area contributed by atoms with Crippen molar-refractivity contribution in [2.24, 2.45) is 5.41 Å². The van der Waals surface area contributed by atoms with Crippen LogP contribution in [0, 0.1) is 5.41 Å². The van der Waals surface area contributed by atoms with Crippen LogP contribution in [0.4, 0.5) is 0 Å². The second kappa shape index (κ2) is 3.46. The fourth-order valence-corrected chi connectivity index (χ4v) is 2.93. The monoisotopic (exact) mass is 214 g/mol. The van der Waals surface area contributed by atoms with E-state index in [-0.39, 0.29) is 18.7 Å². The lowest BCUT2D eigenvalue weighted by Gasteiger charge is -2.54. The number of aliphatic hydroxyl groups is 1. The highest BCUT2D eigenvalue weighted by Crippen LogP contribution is 2.52. The van der Waals surface area contributed by atoms with Gasteiger partial charge in [0.2, 0.25) is 0 Å². The molecule has 0 aromatic carbocycles. The van der Waals surface area contributed by atoms with Crippen LogP contribution in [0.15, 0.2) is 0 Å². The maximum absolute atomic E-state index is 11.8. The Balaban J connectivity index is 2.23. The van der Waals surface area contributed by atoms with Crippen LogP contribution in [0.3, 0.4) is 0 Å². The fraction of sp³-hybridized carbons (Fsp3) is 0.909. The predicted molar refractivity (Wildman–Crippen MR) is 53.3 cm³/mol. The highest BCUT2D eigenvalue weighted by Gasteiger charge is 2.58. The quantitative estimate of drug-likeness (QED) is 0.693. The van der Waals surface area contributed by atoms with Crippen molar-refractivity contribution in [3.8, 4) is 0 Å². The first-order valence-corrected chi connectivity index (χ1v) is 5.46. The largest absolute Gasteiger partial charge is 0.469 e. The van der Waals surface area contributed by atoms with E-state index in [2.05, 4.69) is 0 Å². The smallest absolute Gasteiger partial charge is 0.314 e. The van der Waals surface area contributed by atoms with Gasteiger partial charge in [0.1, 0.15) is 0 Å². The van der Waals surface area contributed by atoms with Crippen LogP contribution in [-0.4, -0.2) is 36.5 Å². The third-order valence-electron chi connectivity index (χ3n) is 4.14. The van der Waals surface area contributed by atoms with Gasteiger partial charge in [0.25, 0.3) is 0 Å². The molecular formula is C11H18O4. The summed E-state index contributed by atoms with van der Waals surface area (Å²) in [6, 6.07) is 0. The first-order valence-electron chi connectivity index (χ1n) is 5.46. The van der Waals surface area contributed by atoms with Crippen molar-refractivity contribution >= 4 is 5.97 Å². The van der Waals surface area contributed by atoms with Gasteiger partial charge in [-0.1, -0.05) is 0 Å². The van der Waals surface area contributed by atoms with Crippen molar-refractivity contribution in [1.82, 2.24) is 0 Å². The molecule has 1 N–H and O–H groups in total. The number of hydrogen-bond acceptors (Lipinski definition) is 4. The van der Waals surface area contributed by atoms with E-state index in [1.165, 1.54) is 7.11 Å². The molecule has 1 aliphatic carbocycles. The van der Waals surface area contributed by atoms with Crippen molar-refractivity contribution in [2.45, 2.75) is 44.3 Å². The van der Waals surface area contributed by atoms with Gasteiger partial charge in [0.05, 0.1) is 30.8 Å². The Hall–Kier alpha value is -0.610. The van der Waals surface area contributed by atoms with Crippen molar-refractivity contribution in [3.05, 3.63) is 0 Å². The molecule has 2 bridgehead atoms. The summed E-state index contributed by atoms with van der Waals surface area (Å²) in [7, 11) is 1.42. The minimum Gasteiger partial charge on any atom is -0.469 e. The molecule has 0 spiro atoms. The summed E-state index contributed by atoms with van der Waals surface area (Å²) < 4.78 is 10.7. The SMILES string of the molecule is COC(=O)C12CCC(CO)(CC1)OC2C. The Morgan fingerprint density at radius 1 is 1.47 bits per heavy atom. The summed E-state index contributed by atoms with van der Waals surface area (Å²) in [6.45, 7) is 1.95. The van der Waals surface area contributed by atoms with Crippen LogP contribution < -0.4 is 0 Å². The number of carbonyl (C=O) groups excluding carboxylic acids is 1. The zero-order valence-electron chi connectivity index (χ0n) is 9.28. The van der Waals surface area contributed by atoms with E-state index in [4.69, 9.17) is 9.47 Å². The maximum atomic E-state index is 11.8. The molecule has 1 saturated carbocycles. The highest BCUT2D eigenvalue weighted by molar-refractivity contribution is 5.78. The average Bonchev–Trinajstić information content (AvgIpc) is 2.29. The normalized spacial score (nSPS) is 44.1. The Bertz CT molecular complexity index is 266. The Kier molecular flexibility index (Phi) is 2.51. The van der Waals surface area contributed by atoms with E-state index in [0.29, 0.717) is 0 Å². The molecule has 4 nitrogen and oxygen atoms in total. The Morgan fingerprint density at radius 2 is 2.07 bits per heavy atom. The van der Waals surface area contributed by atoms with Gasteiger partial charge in [-0.3, -0.25) is 4.79 Å². The van der Waals surface area contributed by atoms with E-state index in [9.17, 15) is 9.90 Å². The van der Waals surface area contributed by atoms with Crippen LogP contribution >= 0.6 is 0 Å². The third kappa shape index (κ3) is 1.39. The molecule has 15 heavy (non-hydrogen) atoms. The first-order chi connectivity index (χ1) is 7.08. The van der Waals surface area contributed by atoms with Gasteiger partial charge in [-0.05, 0) is 32.6 Å². The van der Waals surface area contributed by atoms with E-state index in [0.717, 1.165) is 25.7 Å². The number of carbonyl (C=O) groups is 1. The van der Waals surface area contributed by atoms with Crippen molar-refractivity contribution in [3.63, 3.8) is 0 Å². The first kappa shape index (κ1) is 10.9. The van der Waals surface area contributed by atoms with Crippen LogP contribution in [0.25, 0.3) is 0 Å². The molecule has 3 aliphatic rings. The van der Waals surface area contributed by atoms with Gasteiger partial charge < -0.3 is 14.6 Å². The molecule has 1 atom stereocenters. The topological polar surface area (TPSA) is 55.8 Å². The predicted octanol–water partition coefficient (Wildman–Crippen LogP) is 0.870. The summed E-state index contributed by atoms with van der Waals surface area (Å²) in [5.74, 6) is -0.166. The lowest BCUT2D eigenvalue weighted by Crippen LogP contribution is -2.60. The second-order valence-corrected chi connectivity index (χ2v) is 4.75. The standard InChI is InChI=1S/C11H18O4/c1-8-11(9(13)14-2)5-3-10(7-12,15-8)4-6-11/h8,12H,3-7H2,1-2H3. The summed E-state index contributed by atoms with van der Waals surface area (Å²) in [6.07, 6.45) is 2.88. The van der Waals surface area contributed by atoms with Gasteiger partial charge in [-0.25, -0.2) is 0 Å². The fourth-order valence-electron chi connectivity index (χ4n) is 2.93. The zero-order chi connectivity index (χ0) is 11.1. The number of rotatable bonds is 2. The van der Waals surface area contributed by atoms with Gasteiger partial charge in [0, 0.05) is 0 Å². The molecule has 3 fully saturated rings. The molecule has 0 amide bonds. The summed E-state index contributed by atoms with van der Waals surface area (Å²) in [4.78, 5) is 11.8. The molecule has 2 aliphatic heterocycles. The zero-order valence-corrected chi connectivity index (χ0v) is 9.28. The molecule has 0 radical (unpaired) electrons. The molecule has 4 heteroatoms. The van der Waals surface area contributed by atoms with Gasteiger partial charge in [0.15, 0.2) is 0 Å². The Morgan fingerprint density at radius 3 is 2.47 bits per heavy atom. The van der Waals surface area contributed by atoms with E-state index in [1.54, 1.807) is 0 Å². The summed E-state index contributed by atoms with van der Waals surface area (Å²) in [5, 5.41) is 9.32. The Labute approximate surface area is 89.6 Å².